The molecule has 1 unspecified atom stereocenters. The molecule has 178 valence electrons. The molecule has 0 aromatic heterocycles. The van der Waals surface area contributed by atoms with Crippen LogP contribution in [0.1, 0.15) is 36.0 Å². The van der Waals surface area contributed by atoms with Crippen LogP contribution in [0.25, 0.3) is 10.8 Å². The Bertz CT molecular complexity index is 1120. The van der Waals surface area contributed by atoms with Gasteiger partial charge >= 0.3 is 0 Å². The van der Waals surface area contributed by atoms with Gasteiger partial charge in [-0.05, 0) is 55.3 Å². The maximum Gasteiger partial charge on any atom is 0.254 e. The Morgan fingerprint density at radius 2 is 1.74 bits per heavy atom. The monoisotopic (exact) mass is 460 g/mol. The van der Waals surface area contributed by atoms with E-state index in [2.05, 4.69) is 5.32 Å². The largest absolute Gasteiger partial charge is 0.496 e. The van der Waals surface area contributed by atoms with Crippen LogP contribution in [-0.2, 0) is 4.79 Å². The molecule has 0 bridgehead atoms. The number of likely N-dealkylation sites (tertiary alicyclic amines) is 1. The minimum Gasteiger partial charge on any atom is -0.496 e. The third-order valence-corrected chi connectivity index (χ3v) is 6.30. The van der Waals surface area contributed by atoms with Crippen LogP contribution in [0.5, 0.6) is 11.5 Å². The smallest absolute Gasteiger partial charge is 0.254 e. The highest BCUT2D eigenvalue weighted by Gasteiger charge is 2.29. The first-order valence-corrected chi connectivity index (χ1v) is 12.0. The van der Waals surface area contributed by atoms with E-state index in [0.29, 0.717) is 31.8 Å². The molecule has 1 heterocycles. The molecule has 1 fully saturated rings. The fraction of sp³-hybridized carbons (Fsp3) is 0.357. The second kappa shape index (κ2) is 11.5. The molecule has 1 saturated heterocycles. The first kappa shape index (κ1) is 23.6. The number of piperidine rings is 1. The lowest BCUT2D eigenvalue weighted by atomic mass is 9.95. The molecule has 1 aliphatic heterocycles. The van der Waals surface area contributed by atoms with Crippen molar-refractivity contribution in [2.75, 3.05) is 33.4 Å². The molecule has 0 spiro atoms. The summed E-state index contributed by atoms with van der Waals surface area (Å²) in [6, 6.07) is 21.2. The van der Waals surface area contributed by atoms with Crippen LogP contribution in [0.2, 0.25) is 0 Å². The standard InChI is InChI=1S/C28H32N2O4/c1-33-26-16-15-25(23-13-5-6-14-24(23)26)28(32)30-18-9-10-21(20-30)27(31)29-17-7-8-19-34-22-11-3-2-4-12-22/h2-6,11-16,21H,7-10,17-20H2,1H3,(H,29,31). The second-order valence-electron chi connectivity index (χ2n) is 8.61. The molecule has 1 aliphatic rings. The fourth-order valence-corrected chi connectivity index (χ4v) is 4.47. The van der Waals surface area contributed by atoms with E-state index in [-0.39, 0.29) is 17.7 Å². The summed E-state index contributed by atoms with van der Waals surface area (Å²) in [4.78, 5) is 27.9. The predicted octanol–water partition coefficient (Wildman–Crippen LogP) is 4.68. The van der Waals surface area contributed by atoms with E-state index in [9.17, 15) is 9.59 Å². The number of ether oxygens (including phenoxy) is 2. The van der Waals surface area contributed by atoms with Crippen LogP contribution >= 0.6 is 0 Å². The van der Waals surface area contributed by atoms with Gasteiger partial charge in [-0.15, -0.1) is 0 Å². The van der Waals surface area contributed by atoms with Gasteiger partial charge < -0.3 is 19.7 Å². The number of rotatable bonds is 9. The summed E-state index contributed by atoms with van der Waals surface area (Å²) >= 11 is 0. The molecule has 3 aromatic carbocycles. The minimum absolute atomic E-state index is 0.0288. The highest BCUT2D eigenvalue weighted by molar-refractivity contribution is 6.08. The van der Waals surface area contributed by atoms with E-state index in [0.717, 1.165) is 48.0 Å². The molecular formula is C28H32N2O4. The minimum atomic E-state index is -0.178. The van der Waals surface area contributed by atoms with Gasteiger partial charge in [-0.2, -0.15) is 0 Å². The van der Waals surface area contributed by atoms with E-state index >= 15 is 0 Å². The van der Waals surface area contributed by atoms with Crippen molar-refractivity contribution < 1.29 is 19.1 Å². The zero-order valence-corrected chi connectivity index (χ0v) is 19.7. The highest BCUT2D eigenvalue weighted by atomic mass is 16.5. The fourth-order valence-electron chi connectivity index (χ4n) is 4.47. The lowest BCUT2D eigenvalue weighted by Gasteiger charge is -2.32. The molecule has 2 amide bonds. The van der Waals surface area contributed by atoms with E-state index < -0.39 is 0 Å². The predicted molar refractivity (Wildman–Crippen MR) is 133 cm³/mol. The molecule has 0 saturated carbocycles. The van der Waals surface area contributed by atoms with Crippen LogP contribution in [0, 0.1) is 5.92 Å². The van der Waals surface area contributed by atoms with Gasteiger partial charge in [0.15, 0.2) is 0 Å². The zero-order chi connectivity index (χ0) is 23.8. The van der Waals surface area contributed by atoms with Crippen LogP contribution in [-0.4, -0.2) is 50.1 Å². The maximum absolute atomic E-state index is 13.4. The van der Waals surface area contributed by atoms with Gasteiger partial charge in [0, 0.05) is 30.6 Å². The number of nitrogens with zero attached hydrogens (tertiary/aromatic N) is 1. The lowest BCUT2D eigenvalue weighted by molar-refractivity contribution is -0.126. The Balaban J connectivity index is 1.28. The quantitative estimate of drug-likeness (QED) is 0.471. The number of hydrogen-bond donors (Lipinski definition) is 1. The number of para-hydroxylation sites is 1. The number of amides is 2. The Hall–Kier alpha value is -3.54. The van der Waals surface area contributed by atoms with Crippen molar-refractivity contribution >= 4 is 22.6 Å². The second-order valence-corrected chi connectivity index (χ2v) is 8.61. The van der Waals surface area contributed by atoms with Gasteiger partial charge in [0.05, 0.1) is 19.6 Å². The van der Waals surface area contributed by atoms with Gasteiger partial charge in [-0.3, -0.25) is 9.59 Å². The van der Waals surface area contributed by atoms with Gasteiger partial charge in [0.25, 0.3) is 5.91 Å². The SMILES string of the molecule is COc1ccc(C(=O)N2CCCC(C(=O)NCCCCOc3ccccc3)C2)c2ccccc12. The topological polar surface area (TPSA) is 67.9 Å². The van der Waals surface area contributed by atoms with Crippen molar-refractivity contribution in [1.29, 1.82) is 0 Å². The van der Waals surface area contributed by atoms with E-state index in [4.69, 9.17) is 9.47 Å². The van der Waals surface area contributed by atoms with Crippen LogP contribution in [0.3, 0.4) is 0 Å². The number of carbonyl (C=O) groups excluding carboxylic acids is 2. The van der Waals surface area contributed by atoms with Crippen LogP contribution in [0.4, 0.5) is 0 Å². The number of methoxy groups -OCH3 is 1. The van der Waals surface area contributed by atoms with Crippen molar-refractivity contribution in [3.63, 3.8) is 0 Å². The zero-order valence-electron chi connectivity index (χ0n) is 19.7. The first-order chi connectivity index (χ1) is 16.7. The summed E-state index contributed by atoms with van der Waals surface area (Å²) in [5, 5.41) is 4.83. The molecule has 0 aliphatic carbocycles. The van der Waals surface area contributed by atoms with Crippen molar-refractivity contribution in [3.8, 4) is 11.5 Å². The third kappa shape index (κ3) is 5.68. The average molecular weight is 461 g/mol. The number of fused-ring (bicyclic) bond motifs is 1. The van der Waals surface area contributed by atoms with Crippen molar-refractivity contribution in [1.82, 2.24) is 10.2 Å². The van der Waals surface area contributed by atoms with E-state index in [1.54, 1.807) is 7.11 Å². The number of nitrogens with one attached hydrogen (secondary N) is 1. The Kier molecular flexibility index (Phi) is 8.02. The highest BCUT2D eigenvalue weighted by Crippen LogP contribution is 2.30. The summed E-state index contributed by atoms with van der Waals surface area (Å²) < 4.78 is 11.1. The molecule has 3 aromatic rings. The summed E-state index contributed by atoms with van der Waals surface area (Å²) in [5.74, 6) is 1.43. The van der Waals surface area contributed by atoms with Crippen LogP contribution in [0.15, 0.2) is 66.7 Å². The first-order valence-electron chi connectivity index (χ1n) is 12.0. The third-order valence-electron chi connectivity index (χ3n) is 6.30. The normalized spacial score (nSPS) is 15.7. The van der Waals surface area contributed by atoms with Gasteiger partial charge in [-0.25, -0.2) is 0 Å². The van der Waals surface area contributed by atoms with Gasteiger partial charge in [0.1, 0.15) is 11.5 Å². The summed E-state index contributed by atoms with van der Waals surface area (Å²) in [6.45, 7) is 2.36. The molecule has 6 heteroatoms. The Morgan fingerprint density at radius 3 is 2.53 bits per heavy atom. The van der Waals surface area contributed by atoms with Gasteiger partial charge in [0.2, 0.25) is 5.91 Å². The number of benzene rings is 3. The molecule has 6 nitrogen and oxygen atoms in total. The Labute approximate surface area is 200 Å². The lowest BCUT2D eigenvalue weighted by Crippen LogP contribution is -2.45. The maximum atomic E-state index is 13.4. The number of hydrogen-bond acceptors (Lipinski definition) is 4. The van der Waals surface area contributed by atoms with Crippen molar-refractivity contribution in [3.05, 3.63) is 72.3 Å². The molecule has 1 N–H and O–H groups in total. The average Bonchev–Trinajstić information content (AvgIpc) is 2.90. The van der Waals surface area contributed by atoms with E-state index in [1.165, 1.54) is 0 Å². The van der Waals surface area contributed by atoms with Crippen LogP contribution < -0.4 is 14.8 Å². The number of unbranched alkanes of at least 4 members (excludes halogenated alkanes) is 1. The molecule has 4 rings (SSSR count). The molecular weight excluding hydrogens is 428 g/mol. The molecule has 0 radical (unpaired) electrons. The summed E-state index contributed by atoms with van der Waals surface area (Å²) in [7, 11) is 1.63. The van der Waals surface area contributed by atoms with E-state index in [1.807, 2.05) is 71.6 Å². The molecule has 34 heavy (non-hydrogen) atoms. The Morgan fingerprint density at radius 1 is 0.971 bits per heavy atom. The summed E-state index contributed by atoms with van der Waals surface area (Å²) in [5.41, 5.74) is 0.649. The summed E-state index contributed by atoms with van der Waals surface area (Å²) in [6.07, 6.45) is 3.35. The van der Waals surface area contributed by atoms with Gasteiger partial charge in [-0.1, -0.05) is 42.5 Å². The number of carbonyl (C=O) groups is 2. The van der Waals surface area contributed by atoms with Crippen molar-refractivity contribution in [2.45, 2.75) is 25.7 Å². The van der Waals surface area contributed by atoms with Crippen molar-refractivity contribution in [2.24, 2.45) is 5.92 Å². The molecule has 1 atom stereocenters.